The van der Waals surface area contributed by atoms with E-state index in [0.29, 0.717) is 29.8 Å². The number of aromatic nitrogens is 2. The Hall–Kier alpha value is -2.52. The van der Waals surface area contributed by atoms with E-state index in [4.69, 9.17) is 22.5 Å². The molecular formula is C17H17ClN4O2. The molecule has 1 aliphatic heterocycles. The molecule has 0 bridgehead atoms. The molecule has 0 aliphatic carbocycles. The molecule has 1 atom stereocenters. The SMILES string of the molecule is C#CCNC(=O)N1CCC[C@@H](c2nc(-c3ccc(Cl)cc3)no2)C1. The molecule has 2 aromatic rings. The predicted molar refractivity (Wildman–Crippen MR) is 90.5 cm³/mol. The number of terminal acetylenes is 1. The Kier molecular flexibility index (Phi) is 5.02. The Morgan fingerprint density at radius 1 is 1.46 bits per heavy atom. The first-order valence-electron chi connectivity index (χ1n) is 7.73. The van der Waals surface area contributed by atoms with E-state index < -0.39 is 0 Å². The van der Waals surface area contributed by atoms with E-state index >= 15 is 0 Å². The van der Waals surface area contributed by atoms with Crippen molar-refractivity contribution in [3.05, 3.63) is 35.2 Å². The first kappa shape index (κ1) is 16.3. The van der Waals surface area contributed by atoms with Gasteiger partial charge in [0.05, 0.1) is 12.5 Å². The molecule has 0 spiro atoms. The molecule has 1 aromatic carbocycles. The van der Waals surface area contributed by atoms with Gasteiger partial charge in [-0.2, -0.15) is 4.98 Å². The fraction of sp³-hybridized carbons (Fsp3) is 0.353. The van der Waals surface area contributed by atoms with E-state index in [9.17, 15) is 4.79 Å². The monoisotopic (exact) mass is 344 g/mol. The lowest BCUT2D eigenvalue weighted by Gasteiger charge is -2.30. The molecule has 0 unspecified atom stereocenters. The van der Waals surface area contributed by atoms with E-state index in [1.54, 1.807) is 17.0 Å². The summed E-state index contributed by atoms with van der Waals surface area (Å²) < 4.78 is 5.41. The zero-order chi connectivity index (χ0) is 16.9. The van der Waals surface area contributed by atoms with Crippen molar-refractivity contribution in [3.63, 3.8) is 0 Å². The second kappa shape index (κ2) is 7.37. The van der Waals surface area contributed by atoms with E-state index in [-0.39, 0.29) is 18.5 Å². The second-order valence-electron chi connectivity index (χ2n) is 5.61. The third-order valence-corrected chi connectivity index (χ3v) is 4.20. The van der Waals surface area contributed by atoms with Crippen LogP contribution in [0.3, 0.4) is 0 Å². The van der Waals surface area contributed by atoms with Crippen LogP contribution in [0.5, 0.6) is 0 Å². The largest absolute Gasteiger partial charge is 0.339 e. The number of benzene rings is 1. The summed E-state index contributed by atoms with van der Waals surface area (Å²) in [5.41, 5.74) is 0.842. The number of nitrogens with one attached hydrogen (secondary N) is 1. The van der Waals surface area contributed by atoms with Crippen molar-refractivity contribution in [1.82, 2.24) is 20.4 Å². The van der Waals surface area contributed by atoms with Gasteiger partial charge in [0.25, 0.3) is 0 Å². The molecule has 1 saturated heterocycles. The van der Waals surface area contributed by atoms with Crippen LogP contribution in [0.15, 0.2) is 28.8 Å². The van der Waals surface area contributed by atoms with Crippen molar-refractivity contribution in [3.8, 4) is 23.7 Å². The molecule has 1 N–H and O–H groups in total. The third kappa shape index (κ3) is 3.69. The number of piperidine rings is 1. The molecule has 24 heavy (non-hydrogen) atoms. The van der Waals surface area contributed by atoms with Crippen LogP contribution in [0, 0.1) is 12.3 Å². The number of amides is 2. The van der Waals surface area contributed by atoms with Gasteiger partial charge in [0.1, 0.15) is 0 Å². The number of carbonyl (C=O) groups excluding carboxylic acids is 1. The Bertz CT molecular complexity index is 751. The highest BCUT2D eigenvalue weighted by Gasteiger charge is 2.28. The van der Waals surface area contributed by atoms with Crippen molar-refractivity contribution < 1.29 is 9.32 Å². The van der Waals surface area contributed by atoms with Crippen LogP contribution in [0.4, 0.5) is 4.79 Å². The molecule has 0 radical (unpaired) electrons. The van der Waals surface area contributed by atoms with Crippen LogP contribution < -0.4 is 5.32 Å². The standard InChI is InChI=1S/C17H17ClN4O2/c1-2-9-19-17(23)22-10-3-4-13(11-22)16-20-15(21-24-16)12-5-7-14(18)8-6-12/h1,5-8,13H,3-4,9-11H2,(H,19,23)/t13-/m1/s1. The van der Waals surface area contributed by atoms with Crippen molar-refractivity contribution in [2.24, 2.45) is 0 Å². The molecule has 1 fully saturated rings. The fourth-order valence-corrected chi connectivity index (χ4v) is 2.84. The Morgan fingerprint density at radius 3 is 3.00 bits per heavy atom. The molecular weight excluding hydrogens is 328 g/mol. The average Bonchev–Trinajstić information content (AvgIpc) is 3.10. The number of halogens is 1. The van der Waals surface area contributed by atoms with E-state index in [1.165, 1.54) is 0 Å². The predicted octanol–water partition coefficient (Wildman–Crippen LogP) is 2.91. The number of nitrogens with zero attached hydrogens (tertiary/aromatic N) is 3. The van der Waals surface area contributed by atoms with Gasteiger partial charge in [-0.05, 0) is 37.1 Å². The molecule has 2 amide bonds. The third-order valence-electron chi connectivity index (χ3n) is 3.94. The van der Waals surface area contributed by atoms with Gasteiger partial charge in [0, 0.05) is 23.7 Å². The lowest BCUT2D eigenvalue weighted by atomic mass is 9.98. The summed E-state index contributed by atoms with van der Waals surface area (Å²) in [6.07, 6.45) is 6.95. The number of hydrogen-bond acceptors (Lipinski definition) is 4. The average molecular weight is 345 g/mol. The van der Waals surface area contributed by atoms with E-state index in [0.717, 1.165) is 18.4 Å². The first-order chi connectivity index (χ1) is 11.7. The van der Waals surface area contributed by atoms with Gasteiger partial charge in [0.2, 0.25) is 11.7 Å². The number of urea groups is 1. The van der Waals surface area contributed by atoms with Gasteiger partial charge < -0.3 is 14.7 Å². The number of rotatable bonds is 3. The molecule has 124 valence electrons. The molecule has 0 saturated carbocycles. The Labute approximate surface area is 145 Å². The smallest absolute Gasteiger partial charge is 0.318 e. The molecule has 6 nitrogen and oxygen atoms in total. The maximum Gasteiger partial charge on any atom is 0.318 e. The topological polar surface area (TPSA) is 71.3 Å². The van der Waals surface area contributed by atoms with Gasteiger partial charge in [-0.15, -0.1) is 6.42 Å². The second-order valence-corrected chi connectivity index (χ2v) is 6.05. The normalized spacial score (nSPS) is 17.3. The lowest BCUT2D eigenvalue weighted by Crippen LogP contribution is -2.45. The maximum absolute atomic E-state index is 12.0. The van der Waals surface area contributed by atoms with Crippen molar-refractivity contribution in [2.75, 3.05) is 19.6 Å². The zero-order valence-electron chi connectivity index (χ0n) is 13.0. The van der Waals surface area contributed by atoms with E-state index in [1.807, 2.05) is 12.1 Å². The van der Waals surface area contributed by atoms with Gasteiger partial charge >= 0.3 is 6.03 Å². The minimum absolute atomic E-state index is 0.0314. The summed E-state index contributed by atoms with van der Waals surface area (Å²) in [5.74, 6) is 3.50. The summed E-state index contributed by atoms with van der Waals surface area (Å²) in [4.78, 5) is 18.2. The van der Waals surface area contributed by atoms with Crippen molar-refractivity contribution >= 4 is 17.6 Å². The Morgan fingerprint density at radius 2 is 2.25 bits per heavy atom. The van der Waals surface area contributed by atoms with Gasteiger partial charge in [-0.25, -0.2) is 4.79 Å². The highest BCUT2D eigenvalue weighted by molar-refractivity contribution is 6.30. The highest BCUT2D eigenvalue weighted by atomic mass is 35.5. The molecule has 2 heterocycles. The minimum atomic E-state index is -0.157. The minimum Gasteiger partial charge on any atom is -0.339 e. The van der Waals surface area contributed by atoms with Crippen LogP contribution in [-0.4, -0.2) is 40.7 Å². The van der Waals surface area contributed by atoms with Crippen LogP contribution in [0.1, 0.15) is 24.7 Å². The van der Waals surface area contributed by atoms with Gasteiger partial charge in [-0.3, -0.25) is 0 Å². The lowest BCUT2D eigenvalue weighted by molar-refractivity contribution is 0.173. The zero-order valence-corrected chi connectivity index (χ0v) is 13.8. The van der Waals surface area contributed by atoms with Crippen molar-refractivity contribution in [1.29, 1.82) is 0 Å². The van der Waals surface area contributed by atoms with Crippen LogP contribution >= 0.6 is 11.6 Å². The molecule has 1 aliphatic rings. The molecule has 3 rings (SSSR count). The first-order valence-corrected chi connectivity index (χ1v) is 8.11. The summed E-state index contributed by atoms with van der Waals surface area (Å²) in [6.45, 7) is 1.46. The molecule has 1 aromatic heterocycles. The molecule has 7 heteroatoms. The summed E-state index contributed by atoms with van der Waals surface area (Å²) >= 11 is 5.89. The number of hydrogen-bond donors (Lipinski definition) is 1. The number of carbonyl (C=O) groups is 1. The highest BCUT2D eigenvalue weighted by Crippen LogP contribution is 2.27. The summed E-state index contributed by atoms with van der Waals surface area (Å²) in [6, 6.07) is 7.10. The van der Waals surface area contributed by atoms with Gasteiger partial charge in [-0.1, -0.05) is 22.7 Å². The van der Waals surface area contributed by atoms with Crippen LogP contribution in [-0.2, 0) is 0 Å². The van der Waals surface area contributed by atoms with Gasteiger partial charge in [0.15, 0.2) is 0 Å². The fourth-order valence-electron chi connectivity index (χ4n) is 2.72. The van der Waals surface area contributed by atoms with E-state index in [2.05, 4.69) is 21.4 Å². The van der Waals surface area contributed by atoms with Crippen LogP contribution in [0.25, 0.3) is 11.4 Å². The quantitative estimate of drug-likeness (QED) is 0.869. The Balaban J connectivity index is 1.69. The van der Waals surface area contributed by atoms with Crippen molar-refractivity contribution in [2.45, 2.75) is 18.8 Å². The van der Waals surface area contributed by atoms with Crippen LogP contribution in [0.2, 0.25) is 5.02 Å². The summed E-state index contributed by atoms with van der Waals surface area (Å²) in [7, 11) is 0. The number of likely N-dealkylation sites (tertiary alicyclic amines) is 1. The maximum atomic E-state index is 12.0. The summed E-state index contributed by atoms with van der Waals surface area (Å²) in [5, 5.41) is 7.37.